The fraction of sp³-hybridized carbons (Fsp3) is 0.435. The van der Waals surface area contributed by atoms with E-state index < -0.39 is 0 Å². The van der Waals surface area contributed by atoms with Crippen LogP contribution in [0.2, 0.25) is 0 Å². The van der Waals surface area contributed by atoms with Crippen molar-refractivity contribution in [2.45, 2.75) is 53.0 Å². The van der Waals surface area contributed by atoms with E-state index in [9.17, 15) is 4.79 Å². The molecule has 27 heavy (non-hydrogen) atoms. The molecule has 1 N–H and O–H groups in total. The lowest BCUT2D eigenvalue weighted by Crippen LogP contribution is -2.26. The highest BCUT2D eigenvalue weighted by Gasteiger charge is 2.16. The fourth-order valence-corrected chi connectivity index (χ4v) is 2.82. The third-order valence-electron chi connectivity index (χ3n) is 4.43. The van der Waals surface area contributed by atoms with E-state index in [1.165, 1.54) is 5.56 Å². The molecule has 1 atom stereocenters. The first-order valence-electron chi connectivity index (χ1n) is 9.57. The minimum absolute atomic E-state index is 0.0697. The molecule has 0 unspecified atom stereocenters. The highest BCUT2D eigenvalue weighted by atomic mass is 16.5. The lowest BCUT2D eigenvalue weighted by atomic mass is 9.86. The van der Waals surface area contributed by atoms with Crippen LogP contribution in [0.1, 0.15) is 69.1 Å². The standard InChI is InChI=1S/C23H31NO3/c1-7-26-20-14-11-18(15-21(20)27-8-2)16(3)24-22(25)17-9-12-19(13-10-17)23(4,5)6/h9-16H,7-8H2,1-6H3,(H,24,25)/t16-/m1/s1. The lowest BCUT2D eigenvalue weighted by molar-refractivity contribution is 0.0939. The molecule has 1 amide bonds. The molecule has 0 aliphatic rings. The van der Waals surface area contributed by atoms with Crippen molar-refractivity contribution in [2.75, 3.05) is 13.2 Å². The van der Waals surface area contributed by atoms with Crippen LogP contribution >= 0.6 is 0 Å². The number of hydrogen-bond acceptors (Lipinski definition) is 3. The molecule has 0 aliphatic heterocycles. The van der Waals surface area contributed by atoms with Gasteiger partial charge in [-0.05, 0) is 61.6 Å². The first kappa shape index (κ1) is 20.8. The molecule has 2 rings (SSSR count). The number of carbonyl (C=O) groups is 1. The van der Waals surface area contributed by atoms with Gasteiger partial charge in [0.1, 0.15) is 0 Å². The summed E-state index contributed by atoms with van der Waals surface area (Å²) in [5.41, 5.74) is 2.91. The lowest BCUT2D eigenvalue weighted by Gasteiger charge is -2.20. The van der Waals surface area contributed by atoms with E-state index in [1.54, 1.807) is 0 Å². The van der Waals surface area contributed by atoms with Gasteiger partial charge in [0.25, 0.3) is 5.91 Å². The van der Waals surface area contributed by atoms with Crippen molar-refractivity contribution in [3.05, 3.63) is 59.2 Å². The Morgan fingerprint density at radius 2 is 1.56 bits per heavy atom. The molecule has 4 heteroatoms. The number of ether oxygens (including phenoxy) is 2. The van der Waals surface area contributed by atoms with E-state index in [0.717, 1.165) is 11.3 Å². The number of hydrogen-bond donors (Lipinski definition) is 1. The maximum absolute atomic E-state index is 12.6. The summed E-state index contributed by atoms with van der Waals surface area (Å²) in [4.78, 5) is 12.6. The van der Waals surface area contributed by atoms with Gasteiger partial charge in [0, 0.05) is 5.56 Å². The van der Waals surface area contributed by atoms with Crippen LogP contribution in [0.4, 0.5) is 0 Å². The smallest absolute Gasteiger partial charge is 0.251 e. The third-order valence-corrected chi connectivity index (χ3v) is 4.43. The summed E-state index contributed by atoms with van der Waals surface area (Å²) in [6.07, 6.45) is 0. The van der Waals surface area contributed by atoms with Crippen molar-refractivity contribution >= 4 is 5.91 Å². The van der Waals surface area contributed by atoms with Gasteiger partial charge in [-0.25, -0.2) is 0 Å². The second kappa shape index (κ2) is 8.94. The number of amides is 1. The van der Waals surface area contributed by atoms with Crippen LogP contribution in [0.5, 0.6) is 11.5 Å². The molecule has 0 saturated heterocycles. The van der Waals surface area contributed by atoms with Crippen LogP contribution in [0.15, 0.2) is 42.5 Å². The number of nitrogens with one attached hydrogen (secondary N) is 1. The number of benzene rings is 2. The number of rotatable bonds is 7. The van der Waals surface area contributed by atoms with Crippen LogP contribution in [-0.2, 0) is 5.41 Å². The summed E-state index contributed by atoms with van der Waals surface area (Å²) in [5.74, 6) is 1.33. The van der Waals surface area contributed by atoms with Gasteiger partial charge in [0.2, 0.25) is 0 Å². The third kappa shape index (κ3) is 5.49. The average molecular weight is 370 g/mol. The fourth-order valence-electron chi connectivity index (χ4n) is 2.82. The molecular formula is C23H31NO3. The molecule has 0 fully saturated rings. The minimum atomic E-state index is -0.144. The van der Waals surface area contributed by atoms with Gasteiger partial charge >= 0.3 is 0 Å². The Morgan fingerprint density at radius 3 is 2.11 bits per heavy atom. The monoisotopic (exact) mass is 369 g/mol. The highest BCUT2D eigenvalue weighted by Crippen LogP contribution is 2.31. The Kier molecular flexibility index (Phi) is 6.89. The Bertz CT molecular complexity index is 760. The molecule has 0 heterocycles. The second-order valence-corrected chi connectivity index (χ2v) is 7.59. The van der Waals surface area contributed by atoms with Crippen molar-refractivity contribution in [1.29, 1.82) is 0 Å². The van der Waals surface area contributed by atoms with Gasteiger partial charge in [-0.1, -0.05) is 39.0 Å². The Morgan fingerprint density at radius 1 is 0.963 bits per heavy atom. The zero-order chi connectivity index (χ0) is 20.0. The van der Waals surface area contributed by atoms with Crippen molar-refractivity contribution in [3.8, 4) is 11.5 Å². The highest BCUT2D eigenvalue weighted by molar-refractivity contribution is 5.94. The zero-order valence-electron chi connectivity index (χ0n) is 17.3. The Hall–Kier alpha value is -2.49. The van der Waals surface area contributed by atoms with E-state index in [1.807, 2.05) is 63.2 Å². The van der Waals surface area contributed by atoms with Gasteiger partial charge in [0.15, 0.2) is 11.5 Å². The van der Waals surface area contributed by atoms with Crippen LogP contribution in [0.25, 0.3) is 0 Å². The van der Waals surface area contributed by atoms with E-state index in [4.69, 9.17) is 9.47 Å². The first-order chi connectivity index (χ1) is 12.8. The zero-order valence-corrected chi connectivity index (χ0v) is 17.3. The van der Waals surface area contributed by atoms with Crippen LogP contribution in [0, 0.1) is 0 Å². The van der Waals surface area contributed by atoms with Crippen LogP contribution in [-0.4, -0.2) is 19.1 Å². The summed E-state index contributed by atoms with van der Waals surface area (Å²) < 4.78 is 11.3. The molecule has 2 aromatic rings. The SMILES string of the molecule is CCOc1ccc([C@@H](C)NC(=O)c2ccc(C(C)(C)C)cc2)cc1OCC. The summed E-state index contributed by atoms with van der Waals surface area (Å²) in [6.45, 7) is 13.5. The van der Waals surface area contributed by atoms with Crippen LogP contribution < -0.4 is 14.8 Å². The van der Waals surface area contributed by atoms with Crippen molar-refractivity contribution in [1.82, 2.24) is 5.32 Å². The van der Waals surface area contributed by atoms with Crippen LogP contribution in [0.3, 0.4) is 0 Å². The molecule has 0 saturated carbocycles. The average Bonchev–Trinajstić information content (AvgIpc) is 2.63. The quantitative estimate of drug-likeness (QED) is 0.723. The maximum Gasteiger partial charge on any atom is 0.251 e. The Balaban J connectivity index is 2.12. The van der Waals surface area contributed by atoms with E-state index in [2.05, 4.69) is 26.1 Å². The van der Waals surface area contributed by atoms with E-state index in [0.29, 0.717) is 24.5 Å². The molecule has 2 aromatic carbocycles. The maximum atomic E-state index is 12.6. The van der Waals surface area contributed by atoms with Crippen molar-refractivity contribution < 1.29 is 14.3 Å². The van der Waals surface area contributed by atoms with Crippen molar-refractivity contribution in [3.63, 3.8) is 0 Å². The summed E-state index contributed by atoms with van der Waals surface area (Å²) >= 11 is 0. The summed E-state index contributed by atoms with van der Waals surface area (Å²) in [5, 5.41) is 3.06. The van der Waals surface area contributed by atoms with Crippen molar-refractivity contribution in [2.24, 2.45) is 0 Å². The molecule has 146 valence electrons. The van der Waals surface area contributed by atoms with Gasteiger partial charge in [-0.15, -0.1) is 0 Å². The van der Waals surface area contributed by atoms with Gasteiger partial charge in [-0.2, -0.15) is 0 Å². The van der Waals surface area contributed by atoms with Gasteiger partial charge in [0.05, 0.1) is 19.3 Å². The molecule has 0 spiro atoms. The molecule has 0 radical (unpaired) electrons. The topological polar surface area (TPSA) is 47.6 Å². The summed E-state index contributed by atoms with van der Waals surface area (Å²) in [6, 6.07) is 13.4. The summed E-state index contributed by atoms with van der Waals surface area (Å²) in [7, 11) is 0. The largest absolute Gasteiger partial charge is 0.490 e. The van der Waals surface area contributed by atoms with Gasteiger partial charge < -0.3 is 14.8 Å². The van der Waals surface area contributed by atoms with E-state index in [-0.39, 0.29) is 17.4 Å². The first-order valence-corrected chi connectivity index (χ1v) is 9.57. The second-order valence-electron chi connectivity index (χ2n) is 7.59. The molecule has 4 nitrogen and oxygen atoms in total. The molecule has 0 aromatic heterocycles. The molecular weight excluding hydrogens is 338 g/mol. The minimum Gasteiger partial charge on any atom is -0.490 e. The number of carbonyl (C=O) groups excluding carboxylic acids is 1. The van der Waals surface area contributed by atoms with E-state index >= 15 is 0 Å². The Labute approximate surface area is 162 Å². The van der Waals surface area contributed by atoms with Gasteiger partial charge in [-0.3, -0.25) is 4.79 Å². The molecule has 0 aliphatic carbocycles. The normalized spacial score (nSPS) is 12.4. The predicted octanol–water partition coefficient (Wildman–Crippen LogP) is 5.27. The molecule has 0 bridgehead atoms. The predicted molar refractivity (Wildman–Crippen MR) is 110 cm³/mol.